The molecular weight excluding hydrogens is 354 g/mol. The molecule has 0 radical (unpaired) electrons. The lowest BCUT2D eigenvalue weighted by atomic mass is 10.2. The van der Waals surface area contributed by atoms with E-state index < -0.39 is 4.92 Å². The third-order valence-electron chi connectivity index (χ3n) is 3.52. The van der Waals surface area contributed by atoms with E-state index in [2.05, 4.69) is 15.5 Å². The molecule has 0 fully saturated rings. The highest BCUT2D eigenvalue weighted by atomic mass is 32.2. The zero-order chi connectivity index (χ0) is 18.4. The molecule has 26 heavy (non-hydrogen) atoms. The van der Waals surface area contributed by atoms with Crippen LogP contribution in [0.2, 0.25) is 0 Å². The molecule has 134 valence electrons. The van der Waals surface area contributed by atoms with Crippen molar-refractivity contribution >= 4 is 17.4 Å². The van der Waals surface area contributed by atoms with Crippen molar-refractivity contribution in [3.05, 3.63) is 64.2 Å². The number of non-ortho nitro benzene ring substituents is 1. The fourth-order valence-corrected chi connectivity index (χ4v) is 3.07. The fourth-order valence-electron chi connectivity index (χ4n) is 2.27. The van der Waals surface area contributed by atoms with Crippen LogP contribution in [0.4, 0.5) is 5.69 Å². The Morgan fingerprint density at radius 2 is 2.04 bits per heavy atom. The van der Waals surface area contributed by atoms with Crippen LogP contribution < -0.4 is 4.74 Å². The minimum Gasteiger partial charge on any atom is -0.494 e. The van der Waals surface area contributed by atoms with Crippen molar-refractivity contribution in [1.82, 2.24) is 20.2 Å². The molecule has 0 N–H and O–H groups in total. The largest absolute Gasteiger partial charge is 0.494 e. The summed E-state index contributed by atoms with van der Waals surface area (Å²) in [6, 6.07) is 14.0. The smallest absolute Gasteiger partial charge is 0.269 e. The number of aromatic nitrogens is 4. The summed E-state index contributed by atoms with van der Waals surface area (Å²) in [6.07, 6.45) is 0.794. The standard InChI is InChI=1S/C17H17N5O3S/c1-13-4-2-5-15(12-13)21-17(18-19-20-21)26-11-3-10-25-16-8-6-14(7-9-16)22(23)24/h2,4-9,12H,3,10-11H2,1H3. The van der Waals surface area contributed by atoms with Gasteiger partial charge in [-0.05, 0) is 53.6 Å². The predicted molar refractivity (Wildman–Crippen MR) is 97.8 cm³/mol. The average Bonchev–Trinajstić information content (AvgIpc) is 3.10. The zero-order valence-electron chi connectivity index (χ0n) is 14.1. The van der Waals surface area contributed by atoms with Crippen molar-refractivity contribution in [3.63, 3.8) is 0 Å². The number of benzene rings is 2. The first-order valence-corrected chi connectivity index (χ1v) is 8.97. The van der Waals surface area contributed by atoms with Gasteiger partial charge in [-0.15, -0.1) is 5.10 Å². The van der Waals surface area contributed by atoms with Gasteiger partial charge in [-0.2, -0.15) is 4.68 Å². The lowest BCUT2D eigenvalue weighted by molar-refractivity contribution is -0.384. The van der Waals surface area contributed by atoms with E-state index in [9.17, 15) is 10.1 Å². The van der Waals surface area contributed by atoms with E-state index in [1.165, 1.54) is 12.1 Å². The Hall–Kier alpha value is -2.94. The predicted octanol–water partition coefficient (Wildman–Crippen LogP) is 3.44. The van der Waals surface area contributed by atoms with Crippen LogP contribution in [0.3, 0.4) is 0 Å². The molecule has 9 heteroatoms. The normalized spacial score (nSPS) is 10.7. The van der Waals surface area contributed by atoms with Gasteiger partial charge < -0.3 is 4.74 Å². The minimum absolute atomic E-state index is 0.0518. The van der Waals surface area contributed by atoms with Crippen molar-refractivity contribution in [2.45, 2.75) is 18.5 Å². The molecule has 3 rings (SSSR count). The number of hydrogen-bond donors (Lipinski definition) is 0. The first-order valence-electron chi connectivity index (χ1n) is 7.99. The van der Waals surface area contributed by atoms with Gasteiger partial charge in [-0.1, -0.05) is 23.9 Å². The Balaban J connectivity index is 1.47. The van der Waals surface area contributed by atoms with Crippen LogP contribution in [0.15, 0.2) is 53.7 Å². The maximum atomic E-state index is 10.6. The lowest BCUT2D eigenvalue weighted by Gasteiger charge is -2.06. The first kappa shape index (κ1) is 17.9. The van der Waals surface area contributed by atoms with Crippen LogP contribution in [0.25, 0.3) is 5.69 Å². The third-order valence-corrected chi connectivity index (χ3v) is 4.53. The van der Waals surface area contributed by atoms with E-state index >= 15 is 0 Å². The van der Waals surface area contributed by atoms with Gasteiger partial charge in [0.05, 0.1) is 17.2 Å². The van der Waals surface area contributed by atoms with Crippen LogP contribution >= 0.6 is 11.8 Å². The minimum atomic E-state index is -0.432. The molecule has 1 aromatic heterocycles. The molecule has 0 saturated carbocycles. The molecule has 2 aromatic carbocycles. The van der Waals surface area contributed by atoms with Crippen LogP contribution in [0.1, 0.15) is 12.0 Å². The van der Waals surface area contributed by atoms with Crippen LogP contribution in [-0.2, 0) is 0 Å². The van der Waals surface area contributed by atoms with E-state index in [0.717, 1.165) is 28.6 Å². The molecule has 0 aliphatic rings. The van der Waals surface area contributed by atoms with Crippen LogP contribution in [-0.4, -0.2) is 37.5 Å². The number of nitro groups is 1. The van der Waals surface area contributed by atoms with Crippen LogP contribution in [0.5, 0.6) is 5.75 Å². The van der Waals surface area contributed by atoms with Gasteiger partial charge in [0.2, 0.25) is 5.16 Å². The maximum absolute atomic E-state index is 10.6. The summed E-state index contributed by atoms with van der Waals surface area (Å²) in [5.74, 6) is 1.41. The van der Waals surface area contributed by atoms with Crippen molar-refractivity contribution in [3.8, 4) is 11.4 Å². The fraction of sp³-hybridized carbons (Fsp3) is 0.235. The molecule has 0 spiro atoms. The van der Waals surface area contributed by atoms with E-state index in [4.69, 9.17) is 4.74 Å². The van der Waals surface area contributed by atoms with E-state index in [-0.39, 0.29) is 5.69 Å². The molecule has 8 nitrogen and oxygen atoms in total. The summed E-state index contributed by atoms with van der Waals surface area (Å²) in [4.78, 5) is 10.2. The number of tetrazole rings is 1. The summed E-state index contributed by atoms with van der Waals surface area (Å²) >= 11 is 1.55. The van der Waals surface area contributed by atoms with Gasteiger partial charge in [0.1, 0.15) is 5.75 Å². The number of hydrogen-bond acceptors (Lipinski definition) is 7. The highest BCUT2D eigenvalue weighted by molar-refractivity contribution is 7.99. The topological polar surface area (TPSA) is 96.0 Å². The number of aryl methyl sites for hydroxylation is 1. The van der Waals surface area contributed by atoms with Gasteiger partial charge in [0.15, 0.2) is 0 Å². The quantitative estimate of drug-likeness (QED) is 0.259. The van der Waals surface area contributed by atoms with Gasteiger partial charge >= 0.3 is 0 Å². The zero-order valence-corrected chi connectivity index (χ0v) is 14.9. The highest BCUT2D eigenvalue weighted by Gasteiger charge is 2.09. The highest BCUT2D eigenvalue weighted by Crippen LogP contribution is 2.20. The summed E-state index contributed by atoms with van der Waals surface area (Å²) in [5, 5.41) is 23.2. The van der Waals surface area contributed by atoms with Gasteiger partial charge in [-0.3, -0.25) is 10.1 Å². The van der Waals surface area contributed by atoms with Crippen molar-refractivity contribution in [1.29, 1.82) is 0 Å². The number of nitro benzene ring substituents is 1. The number of rotatable bonds is 8. The maximum Gasteiger partial charge on any atom is 0.269 e. The van der Waals surface area contributed by atoms with Gasteiger partial charge in [0, 0.05) is 17.9 Å². The molecule has 0 aliphatic carbocycles. The molecule has 0 aliphatic heterocycles. The van der Waals surface area contributed by atoms with Crippen molar-refractivity contribution in [2.24, 2.45) is 0 Å². The second-order valence-electron chi connectivity index (χ2n) is 5.51. The average molecular weight is 371 g/mol. The molecular formula is C17H17N5O3S. The molecule has 0 atom stereocenters. The monoisotopic (exact) mass is 371 g/mol. The SMILES string of the molecule is Cc1cccc(-n2nnnc2SCCCOc2ccc([N+](=O)[O-])cc2)c1. The molecule has 0 bridgehead atoms. The Morgan fingerprint density at radius 3 is 2.77 bits per heavy atom. The van der Waals surface area contributed by atoms with Crippen molar-refractivity contribution in [2.75, 3.05) is 12.4 Å². The number of ether oxygens (including phenoxy) is 1. The Bertz CT molecular complexity index is 882. The van der Waals surface area contributed by atoms with Crippen molar-refractivity contribution < 1.29 is 9.66 Å². The number of nitrogens with zero attached hydrogens (tertiary/aromatic N) is 5. The van der Waals surface area contributed by atoms with E-state index in [1.807, 2.05) is 31.2 Å². The summed E-state index contributed by atoms with van der Waals surface area (Å²) in [5.41, 5.74) is 2.13. The molecule has 3 aromatic rings. The summed E-state index contributed by atoms with van der Waals surface area (Å²) in [7, 11) is 0. The first-order chi connectivity index (χ1) is 12.6. The molecule has 0 amide bonds. The van der Waals surface area contributed by atoms with Gasteiger partial charge in [-0.25, -0.2) is 0 Å². The number of thioether (sulfide) groups is 1. The lowest BCUT2D eigenvalue weighted by Crippen LogP contribution is -2.02. The summed E-state index contributed by atoms with van der Waals surface area (Å²) in [6.45, 7) is 2.53. The van der Waals surface area contributed by atoms with Gasteiger partial charge in [0.25, 0.3) is 5.69 Å². The Morgan fingerprint density at radius 1 is 1.23 bits per heavy atom. The Kier molecular flexibility index (Phi) is 5.80. The molecule has 0 unspecified atom stereocenters. The second kappa shape index (κ2) is 8.43. The van der Waals surface area contributed by atoms with E-state index in [1.54, 1.807) is 28.6 Å². The van der Waals surface area contributed by atoms with E-state index in [0.29, 0.717) is 12.4 Å². The molecule has 0 saturated heterocycles. The second-order valence-corrected chi connectivity index (χ2v) is 6.58. The Labute approximate surface area is 154 Å². The summed E-state index contributed by atoms with van der Waals surface area (Å²) < 4.78 is 7.31. The molecule has 1 heterocycles. The third kappa shape index (κ3) is 4.57. The van der Waals surface area contributed by atoms with Crippen LogP contribution in [0, 0.1) is 17.0 Å².